The topological polar surface area (TPSA) is 61.6 Å². The molecule has 0 unspecified atom stereocenters. The Morgan fingerprint density at radius 3 is 2.65 bits per heavy atom. The van der Waals surface area contributed by atoms with Crippen LogP contribution in [0.2, 0.25) is 0 Å². The van der Waals surface area contributed by atoms with Crippen LogP contribution in [0.1, 0.15) is 16.1 Å². The van der Waals surface area contributed by atoms with E-state index in [-0.39, 0.29) is 5.97 Å². The highest BCUT2D eigenvalue weighted by atomic mass is 16.5. The minimum absolute atomic E-state index is 0.303. The second-order valence-corrected chi connectivity index (χ2v) is 3.28. The minimum atomic E-state index is -0.369. The SMILES string of the molecule is COC(=O)c1ccc(OCc2ccno2)cc1. The Morgan fingerprint density at radius 1 is 1.29 bits per heavy atom. The number of nitrogens with zero attached hydrogens (tertiary/aromatic N) is 1. The van der Waals surface area contributed by atoms with Crippen LogP contribution in [0.3, 0.4) is 0 Å². The Morgan fingerprint density at radius 2 is 2.06 bits per heavy atom. The fourth-order valence-electron chi connectivity index (χ4n) is 1.28. The van der Waals surface area contributed by atoms with Crippen molar-refractivity contribution in [3.05, 3.63) is 47.9 Å². The zero-order valence-corrected chi connectivity index (χ0v) is 9.25. The lowest BCUT2D eigenvalue weighted by Gasteiger charge is -2.04. The van der Waals surface area contributed by atoms with Crippen LogP contribution in [0.15, 0.2) is 41.1 Å². The molecule has 0 fully saturated rings. The van der Waals surface area contributed by atoms with Gasteiger partial charge in [-0.2, -0.15) is 0 Å². The third-order valence-electron chi connectivity index (χ3n) is 2.15. The first-order valence-electron chi connectivity index (χ1n) is 5.00. The smallest absolute Gasteiger partial charge is 0.337 e. The molecule has 0 aliphatic rings. The van der Waals surface area contributed by atoms with E-state index in [2.05, 4.69) is 9.89 Å². The van der Waals surface area contributed by atoms with Crippen molar-refractivity contribution in [3.63, 3.8) is 0 Å². The Kier molecular flexibility index (Phi) is 3.40. The summed E-state index contributed by atoms with van der Waals surface area (Å²) in [6.45, 7) is 0.303. The van der Waals surface area contributed by atoms with Gasteiger partial charge >= 0.3 is 5.97 Å². The van der Waals surface area contributed by atoms with Crippen molar-refractivity contribution in [3.8, 4) is 5.75 Å². The van der Waals surface area contributed by atoms with Crippen LogP contribution in [0.5, 0.6) is 5.75 Å². The molecule has 0 bridgehead atoms. The molecule has 2 aromatic rings. The van der Waals surface area contributed by atoms with Gasteiger partial charge in [-0.25, -0.2) is 4.79 Å². The Labute approximate surface area is 97.9 Å². The van der Waals surface area contributed by atoms with Gasteiger partial charge in [-0.05, 0) is 24.3 Å². The van der Waals surface area contributed by atoms with Crippen LogP contribution >= 0.6 is 0 Å². The first-order valence-corrected chi connectivity index (χ1v) is 5.00. The first kappa shape index (κ1) is 11.2. The van der Waals surface area contributed by atoms with Gasteiger partial charge in [0.1, 0.15) is 12.4 Å². The van der Waals surface area contributed by atoms with Gasteiger partial charge in [-0.3, -0.25) is 0 Å². The lowest BCUT2D eigenvalue weighted by atomic mass is 10.2. The summed E-state index contributed by atoms with van der Waals surface area (Å²) in [6.07, 6.45) is 1.55. The van der Waals surface area contributed by atoms with E-state index >= 15 is 0 Å². The number of carbonyl (C=O) groups is 1. The van der Waals surface area contributed by atoms with E-state index in [0.29, 0.717) is 23.7 Å². The lowest BCUT2D eigenvalue weighted by Crippen LogP contribution is -2.01. The maximum Gasteiger partial charge on any atom is 0.337 e. The van der Waals surface area contributed by atoms with Gasteiger partial charge in [0.05, 0.1) is 18.9 Å². The van der Waals surface area contributed by atoms with Crippen molar-refractivity contribution in [1.29, 1.82) is 0 Å². The predicted molar refractivity (Wildman–Crippen MR) is 58.6 cm³/mol. The highest BCUT2D eigenvalue weighted by Gasteiger charge is 2.05. The van der Waals surface area contributed by atoms with E-state index < -0.39 is 0 Å². The average molecular weight is 233 g/mol. The summed E-state index contributed by atoms with van der Waals surface area (Å²) in [5.41, 5.74) is 0.486. The molecule has 0 saturated carbocycles. The molecule has 2 rings (SSSR count). The normalized spacial score (nSPS) is 9.94. The number of hydrogen-bond donors (Lipinski definition) is 0. The van der Waals surface area contributed by atoms with E-state index in [4.69, 9.17) is 9.26 Å². The molecular formula is C12H11NO4. The molecule has 0 amide bonds. The van der Waals surface area contributed by atoms with Crippen LogP contribution in [-0.4, -0.2) is 18.2 Å². The first-order chi connectivity index (χ1) is 8.29. The van der Waals surface area contributed by atoms with E-state index in [9.17, 15) is 4.79 Å². The summed E-state index contributed by atoms with van der Waals surface area (Å²) in [4.78, 5) is 11.2. The molecule has 0 radical (unpaired) electrons. The quantitative estimate of drug-likeness (QED) is 0.756. The van der Waals surface area contributed by atoms with E-state index in [0.717, 1.165) is 0 Å². The molecule has 0 aliphatic carbocycles. The Bertz CT molecular complexity index is 476. The van der Waals surface area contributed by atoms with Crippen molar-refractivity contribution in [1.82, 2.24) is 5.16 Å². The molecule has 5 nitrogen and oxygen atoms in total. The maximum atomic E-state index is 11.2. The van der Waals surface area contributed by atoms with Crippen LogP contribution in [0, 0.1) is 0 Å². The highest BCUT2D eigenvalue weighted by molar-refractivity contribution is 5.89. The zero-order chi connectivity index (χ0) is 12.1. The molecule has 0 saturated heterocycles. The number of ether oxygens (including phenoxy) is 2. The van der Waals surface area contributed by atoms with Gasteiger partial charge in [0.2, 0.25) is 0 Å². The molecule has 88 valence electrons. The van der Waals surface area contributed by atoms with Crippen molar-refractivity contribution >= 4 is 5.97 Å². The molecule has 1 aromatic carbocycles. The molecule has 1 heterocycles. The maximum absolute atomic E-state index is 11.2. The Hall–Kier alpha value is -2.30. The Balaban J connectivity index is 1.96. The molecule has 17 heavy (non-hydrogen) atoms. The summed E-state index contributed by atoms with van der Waals surface area (Å²) in [5, 5.41) is 3.57. The molecule has 0 N–H and O–H groups in total. The molecule has 0 atom stereocenters. The fraction of sp³-hybridized carbons (Fsp3) is 0.167. The van der Waals surface area contributed by atoms with Crippen molar-refractivity contribution in [2.75, 3.05) is 7.11 Å². The summed E-state index contributed by atoms with van der Waals surface area (Å²) < 4.78 is 14.9. The van der Waals surface area contributed by atoms with Crippen molar-refractivity contribution in [2.24, 2.45) is 0 Å². The average Bonchev–Trinajstić information content (AvgIpc) is 2.89. The van der Waals surface area contributed by atoms with Crippen LogP contribution in [0.25, 0.3) is 0 Å². The standard InChI is InChI=1S/C12H11NO4/c1-15-12(14)9-2-4-10(5-3-9)16-8-11-6-7-13-17-11/h2-7H,8H2,1H3. The summed E-state index contributed by atoms with van der Waals surface area (Å²) in [6, 6.07) is 8.40. The largest absolute Gasteiger partial charge is 0.486 e. The molecule has 0 spiro atoms. The van der Waals surface area contributed by atoms with Crippen LogP contribution in [-0.2, 0) is 11.3 Å². The number of hydrogen-bond acceptors (Lipinski definition) is 5. The number of benzene rings is 1. The number of aromatic nitrogens is 1. The summed E-state index contributed by atoms with van der Waals surface area (Å²) in [5.74, 6) is 0.919. The van der Waals surface area contributed by atoms with Crippen molar-refractivity contribution < 1.29 is 18.8 Å². The summed E-state index contributed by atoms with van der Waals surface area (Å²) >= 11 is 0. The number of methoxy groups -OCH3 is 1. The molecule has 5 heteroatoms. The third kappa shape index (κ3) is 2.84. The minimum Gasteiger partial charge on any atom is -0.486 e. The molecular weight excluding hydrogens is 222 g/mol. The van der Waals surface area contributed by atoms with E-state index in [1.807, 2.05) is 0 Å². The van der Waals surface area contributed by atoms with Gasteiger partial charge in [-0.1, -0.05) is 5.16 Å². The second kappa shape index (κ2) is 5.16. The van der Waals surface area contributed by atoms with E-state index in [1.54, 1.807) is 36.5 Å². The molecule has 1 aromatic heterocycles. The lowest BCUT2D eigenvalue weighted by molar-refractivity contribution is 0.0600. The number of carbonyl (C=O) groups excluding carboxylic acids is 1. The predicted octanol–water partition coefficient (Wildman–Crippen LogP) is 2.04. The zero-order valence-electron chi connectivity index (χ0n) is 9.25. The van der Waals surface area contributed by atoms with Crippen LogP contribution in [0.4, 0.5) is 0 Å². The summed E-state index contributed by atoms with van der Waals surface area (Å²) in [7, 11) is 1.34. The number of esters is 1. The van der Waals surface area contributed by atoms with Gasteiger partial charge in [-0.15, -0.1) is 0 Å². The second-order valence-electron chi connectivity index (χ2n) is 3.28. The third-order valence-corrected chi connectivity index (χ3v) is 2.15. The van der Waals surface area contributed by atoms with Gasteiger partial charge < -0.3 is 14.0 Å². The number of rotatable bonds is 4. The van der Waals surface area contributed by atoms with Gasteiger partial charge in [0, 0.05) is 6.07 Å². The van der Waals surface area contributed by atoms with Gasteiger partial charge in [0.15, 0.2) is 5.76 Å². The van der Waals surface area contributed by atoms with Crippen LogP contribution < -0.4 is 4.74 Å². The fourth-order valence-corrected chi connectivity index (χ4v) is 1.28. The van der Waals surface area contributed by atoms with E-state index in [1.165, 1.54) is 7.11 Å². The molecule has 0 aliphatic heterocycles. The highest BCUT2D eigenvalue weighted by Crippen LogP contribution is 2.14. The monoisotopic (exact) mass is 233 g/mol. The van der Waals surface area contributed by atoms with Crippen molar-refractivity contribution in [2.45, 2.75) is 6.61 Å². The van der Waals surface area contributed by atoms with Gasteiger partial charge in [0.25, 0.3) is 0 Å².